The van der Waals surface area contributed by atoms with Crippen LogP contribution in [-0.4, -0.2) is 36.3 Å². The van der Waals surface area contributed by atoms with Crippen LogP contribution in [0.2, 0.25) is 0 Å². The van der Waals surface area contributed by atoms with E-state index >= 15 is 0 Å². The van der Waals surface area contributed by atoms with Gasteiger partial charge in [0.15, 0.2) is 0 Å². The Kier molecular flexibility index (Phi) is 6.10. The van der Waals surface area contributed by atoms with Crippen LogP contribution in [0.5, 0.6) is 5.75 Å². The molecule has 1 aromatic carbocycles. The van der Waals surface area contributed by atoms with Crippen molar-refractivity contribution in [3.8, 4) is 5.75 Å². The zero-order valence-electron chi connectivity index (χ0n) is 10.4. The molecule has 2 N–H and O–H groups in total. The van der Waals surface area contributed by atoms with Crippen LogP contribution in [0.1, 0.15) is 12.0 Å². The molecular weight excluding hydrogens is 236 g/mol. The van der Waals surface area contributed by atoms with Gasteiger partial charge in [-0.25, -0.2) is 0 Å². The van der Waals surface area contributed by atoms with E-state index in [-0.39, 0.29) is 12.3 Å². The number of hydrogen-bond donors (Lipinski definition) is 2. The second kappa shape index (κ2) is 7.62. The highest BCUT2D eigenvalue weighted by molar-refractivity contribution is 5.44. The molecule has 1 rings (SSSR count). The minimum absolute atomic E-state index is 0.104. The van der Waals surface area contributed by atoms with E-state index < -0.39 is 4.92 Å². The number of rotatable bonds is 8. The molecule has 100 valence electrons. The van der Waals surface area contributed by atoms with E-state index in [2.05, 4.69) is 5.32 Å². The van der Waals surface area contributed by atoms with Gasteiger partial charge in [-0.05, 0) is 32.0 Å². The molecule has 0 aliphatic rings. The summed E-state index contributed by atoms with van der Waals surface area (Å²) in [5, 5.41) is 22.2. The maximum Gasteiger partial charge on any atom is 0.272 e. The van der Waals surface area contributed by atoms with Gasteiger partial charge in [0.25, 0.3) is 5.69 Å². The van der Waals surface area contributed by atoms with Gasteiger partial charge in [0.05, 0.1) is 18.1 Å². The maximum atomic E-state index is 10.6. The van der Waals surface area contributed by atoms with Crippen LogP contribution >= 0.6 is 0 Å². The highest BCUT2D eigenvalue weighted by Gasteiger charge is 2.10. The highest BCUT2D eigenvalue weighted by Crippen LogP contribution is 2.22. The zero-order chi connectivity index (χ0) is 13.4. The lowest BCUT2D eigenvalue weighted by molar-refractivity contribution is -0.385. The van der Waals surface area contributed by atoms with Crippen molar-refractivity contribution in [3.63, 3.8) is 0 Å². The van der Waals surface area contributed by atoms with Crippen LogP contribution in [-0.2, 0) is 0 Å². The molecule has 1 aromatic rings. The summed E-state index contributed by atoms with van der Waals surface area (Å²) < 4.78 is 5.48. The van der Waals surface area contributed by atoms with Crippen molar-refractivity contribution < 1.29 is 14.8 Å². The number of aryl methyl sites for hydroxylation is 1. The Bertz CT molecular complexity index is 396. The van der Waals surface area contributed by atoms with Crippen LogP contribution < -0.4 is 10.1 Å². The lowest BCUT2D eigenvalue weighted by atomic mass is 10.2. The molecule has 6 nitrogen and oxygen atoms in total. The van der Waals surface area contributed by atoms with Gasteiger partial charge >= 0.3 is 0 Å². The lowest BCUT2D eigenvalue weighted by Gasteiger charge is -2.07. The van der Waals surface area contributed by atoms with Crippen molar-refractivity contribution in [3.05, 3.63) is 33.9 Å². The summed E-state index contributed by atoms with van der Waals surface area (Å²) in [5.41, 5.74) is 0.697. The summed E-state index contributed by atoms with van der Waals surface area (Å²) in [7, 11) is 0. The fraction of sp³-hybridized carbons (Fsp3) is 0.500. The van der Waals surface area contributed by atoms with Crippen molar-refractivity contribution in [2.24, 2.45) is 0 Å². The molecule has 0 aromatic heterocycles. The fourth-order valence-electron chi connectivity index (χ4n) is 1.51. The Labute approximate surface area is 106 Å². The Balaban J connectivity index is 2.35. The molecule has 0 fully saturated rings. The second-order valence-corrected chi connectivity index (χ2v) is 3.88. The molecule has 0 saturated carbocycles. The van der Waals surface area contributed by atoms with Crippen LogP contribution in [0.3, 0.4) is 0 Å². The maximum absolute atomic E-state index is 10.6. The monoisotopic (exact) mass is 254 g/mol. The van der Waals surface area contributed by atoms with Crippen LogP contribution in [0.15, 0.2) is 18.2 Å². The van der Waals surface area contributed by atoms with E-state index in [0.29, 0.717) is 24.5 Å². The van der Waals surface area contributed by atoms with Crippen LogP contribution in [0, 0.1) is 17.0 Å². The van der Waals surface area contributed by atoms with Crippen molar-refractivity contribution in [1.82, 2.24) is 5.32 Å². The summed E-state index contributed by atoms with van der Waals surface area (Å²) in [6.45, 7) is 3.70. The minimum atomic E-state index is -0.405. The van der Waals surface area contributed by atoms with E-state index in [0.717, 1.165) is 13.0 Å². The number of ether oxygens (including phenoxy) is 1. The second-order valence-electron chi connectivity index (χ2n) is 3.88. The first-order valence-electron chi connectivity index (χ1n) is 5.84. The average Bonchev–Trinajstić information content (AvgIpc) is 2.33. The Morgan fingerprint density at radius 2 is 2.22 bits per heavy atom. The third-order valence-corrected chi connectivity index (χ3v) is 2.42. The van der Waals surface area contributed by atoms with Gasteiger partial charge in [-0.1, -0.05) is 0 Å². The van der Waals surface area contributed by atoms with Crippen molar-refractivity contribution in [1.29, 1.82) is 0 Å². The molecule has 0 bridgehead atoms. The largest absolute Gasteiger partial charge is 0.494 e. The molecule has 0 radical (unpaired) electrons. The van der Waals surface area contributed by atoms with Gasteiger partial charge in [0.1, 0.15) is 5.75 Å². The molecular formula is C12H18N2O4. The number of nitro groups is 1. The first-order valence-corrected chi connectivity index (χ1v) is 5.84. The first-order chi connectivity index (χ1) is 8.65. The van der Waals surface area contributed by atoms with Gasteiger partial charge in [0.2, 0.25) is 0 Å². The van der Waals surface area contributed by atoms with E-state index in [1.807, 2.05) is 0 Å². The smallest absolute Gasteiger partial charge is 0.272 e. The Hall–Kier alpha value is -1.66. The first kappa shape index (κ1) is 14.4. The topological polar surface area (TPSA) is 84.6 Å². The van der Waals surface area contributed by atoms with Gasteiger partial charge < -0.3 is 15.2 Å². The number of aliphatic hydroxyl groups is 1. The number of nitrogens with zero attached hydrogens (tertiary/aromatic N) is 1. The number of aliphatic hydroxyl groups excluding tert-OH is 1. The van der Waals surface area contributed by atoms with E-state index in [1.165, 1.54) is 6.07 Å². The Morgan fingerprint density at radius 1 is 1.44 bits per heavy atom. The van der Waals surface area contributed by atoms with Gasteiger partial charge in [0, 0.05) is 18.2 Å². The van der Waals surface area contributed by atoms with E-state index in [9.17, 15) is 10.1 Å². The van der Waals surface area contributed by atoms with Crippen molar-refractivity contribution in [2.75, 3.05) is 26.3 Å². The molecule has 0 unspecified atom stereocenters. The molecule has 0 saturated heterocycles. The number of nitro benzene ring substituents is 1. The molecule has 0 aliphatic carbocycles. The minimum Gasteiger partial charge on any atom is -0.494 e. The SMILES string of the molecule is Cc1cc(OCCCNCCO)ccc1[N+](=O)[O-]. The number of hydrogen-bond acceptors (Lipinski definition) is 5. The standard InChI is InChI=1S/C12H18N2O4/c1-10-9-11(3-4-12(10)14(16)17)18-8-2-5-13-6-7-15/h3-4,9,13,15H,2,5-8H2,1H3. The summed E-state index contributed by atoms with van der Waals surface area (Å²) in [6, 6.07) is 4.72. The number of nitrogens with one attached hydrogen (secondary N) is 1. The fourth-order valence-corrected chi connectivity index (χ4v) is 1.51. The molecule has 0 spiro atoms. The molecule has 0 aliphatic heterocycles. The summed E-state index contributed by atoms with van der Waals surface area (Å²) in [5.74, 6) is 0.639. The molecule has 6 heteroatoms. The summed E-state index contributed by atoms with van der Waals surface area (Å²) in [6.07, 6.45) is 0.816. The normalized spacial score (nSPS) is 10.3. The third-order valence-electron chi connectivity index (χ3n) is 2.42. The van der Waals surface area contributed by atoms with Crippen LogP contribution in [0.4, 0.5) is 5.69 Å². The summed E-state index contributed by atoms with van der Waals surface area (Å²) in [4.78, 5) is 10.2. The van der Waals surface area contributed by atoms with Crippen molar-refractivity contribution >= 4 is 5.69 Å². The van der Waals surface area contributed by atoms with Gasteiger partial charge in [-0.15, -0.1) is 0 Å². The van der Waals surface area contributed by atoms with Gasteiger partial charge in [-0.3, -0.25) is 10.1 Å². The summed E-state index contributed by atoms with van der Waals surface area (Å²) >= 11 is 0. The predicted octanol–water partition coefficient (Wildman–Crippen LogP) is 1.25. The van der Waals surface area contributed by atoms with Crippen LogP contribution in [0.25, 0.3) is 0 Å². The van der Waals surface area contributed by atoms with Gasteiger partial charge in [-0.2, -0.15) is 0 Å². The Morgan fingerprint density at radius 3 is 2.83 bits per heavy atom. The predicted molar refractivity (Wildman–Crippen MR) is 67.9 cm³/mol. The average molecular weight is 254 g/mol. The lowest BCUT2D eigenvalue weighted by Crippen LogP contribution is -2.20. The van der Waals surface area contributed by atoms with Crippen molar-refractivity contribution in [2.45, 2.75) is 13.3 Å². The van der Waals surface area contributed by atoms with E-state index in [4.69, 9.17) is 9.84 Å². The van der Waals surface area contributed by atoms with E-state index in [1.54, 1.807) is 19.1 Å². The number of benzene rings is 1. The molecule has 0 atom stereocenters. The molecule has 0 heterocycles. The highest BCUT2D eigenvalue weighted by atomic mass is 16.6. The third kappa shape index (κ3) is 4.68. The molecule has 0 amide bonds. The quantitative estimate of drug-likeness (QED) is 0.414. The molecule has 18 heavy (non-hydrogen) atoms. The zero-order valence-corrected chi connectivity index (χ0v) is 10.4.